The first kappa shape index (κ1) is 20.0. The number of amides is 1. The van der Waals surface area contributed by atoms with Crippen molar-refractivity contribution >= 4 is 32.9 Å². The molecule has 1 aliphatic rings. The van der Waals surface area contributed by atoms with E-state index in [0.29, 0.717) is 24.5 Å². The highest BCUT2D eigenvalue weighted by atomic mass is 79.9. The number of carbonyl (C=O) groups excluding carboxylic acids is 1. The number of nitrogens with one attached hydrogen (secondary N) is 1. The van der Waals surface area contributed by atoms with Crippen LogP contribution >= 0.6 is 15.9 Å². The summed E-state index contributed by atoms with van der Waals surface area (Å²) in [4.78, 5) is 18.0. The summed E-state index contributed by atoms with van der Waals surface area (Å²) in [5.74, 6) is -0.115. The number of pyridine rings is 1. The molecule has 1 N–H and O–H groups in total. The Morgan fingerprint density at radius 3 is 2.72 bits per heavy atom. The lowest BCUT2D eigenvalue weighted by atomic mass is 9.82. The largest absolute Gasteiger partial charge is 0.381 e. The molecular formula is C22H25BrN4O2. The standard InChI is InChI=1S/C22H25BrN4O2/c1-14(2)27-20-16(13-24-27)11-19(15(3)25-20)21(28)26-22(7-9-29-10-8-22)17-5-4-6-18(23)12-17/h4-6,11-14H,7-10H2,1-3H3,(H,26,28). The molecular weight excluding hydrogens is 432 g/mol. The van der Waals surface area contributed by atoms with Gasteiger partial charge in [0.15, 0.2) is 5.65 Å². The summed E-state index contributed by atoms with van der Waals surface area (Å²) < 4.78 is 8.46. The van der Waals surface area contributed by atoms with Crippen LogP contribution in [0.2, 0.25) is 0 Å². The molecule has 3 aromatic rings. The summed E-state index contributed by atoms with van der Waals surface area (Å²) in [5.41, 5.74) is 2.72. The molecule has 1 aromatic carbocycles. The molecule has 6 nitrogen and oxygen atoms in total. The van der Waals surface area contributed by atoms with E-state index in [1.54, 1.807) is 6.20 Å². The van der Waals surface area contributed by atoms with Crippen molar-refractivity contribution in [1.82, 2.24) is 20.1 Å². The van der Waals surface area contributed by atoms with Crippen LogP contribution in [0.15, 0.2) is 41.0 Å². The van der Waals surface area contributed by atoms with E-state index >= 15 is 0 Å². The van der Waals surface area contributed by atoms with Gasteiger partial charge in [0.25, 0.3) is 5.91 Å². The van der Waals surface area contributed by atoms with Crippen LogP contribution in [0.1, 0.15) is 54.3 Å². The molecule has 0 radical (unpaired) electrons. The fourth-order valence-corrected chi connectivity index (χ4v) is 4.35. The molecule has 7 heteroatoms. The molecule has 0 bridgehead atoms. The number of hydrogen-bond acceptors (Lipinski definition) is 4. The Kier molecular flexibility index (Phi) is 5.44. The molecule has 29 heavy (non-hydrogen) atoms. The lowest BCUT2D eigenvalue weighted by Gasteiger charge is -2.38. The number of nitrogens with zero attached hydrogens (tertiary/aromatic N) is 3. The first-order chi connectivity index (χ1) is 13.9. The second-order valence-corrected chi connectivity index (χ2v) is 8.79. The molecule has 1 amide bonds. The fourth-order valence-electron chi connectivity index (χ4n) is 3.95. The number of benzene rings is 1. The van der Waals surface area contributed by atoms with Crippen LogP contribution < -0.4 is 5.32 Å². The van der Waals surface area contributed by atoms with Crippen molar-refractivity contribution in [2.24, 2.45) is 0 Å². The average Bonchev–Trinajstić information content (AvgIpc) is 3.11. The summed E-state index contributed by atoms with van der Waals surface area (Å²) in [6.45, 7) is 7.24. The van der Waals surface area contributed by atoms with Crippen molar-refractivity contribution in [3.8, 4) is 0 Å². The zero-order chi connectivity index (χ0) is 20.6. The molecule has 3 heterocycles. The predicted molar refractivity (Wildman–Crippen MR) is 116 cm³/mol. The molecule has 1 aliphatic heterocycles. The minimum atomic E-state index is -0.456. The summed E-state index contributed by atoms with van der Waals surface area (Å²) >= 11 is 3.55. The number of hydrogen-bond donors (Lipinski definition) is 1. The Labute approximate surface area is 178 Å². The molecule has 2 aromatic heterocycles. The number of rotatable bonds is 4. The Morgan fingerprint density at radius 1 is 1.28 bits per heavy atom. The van der Waals surface area contributed by atoms with Crippen LogP contribution in [0.5, 0.6) is 0 Å². The Bertz CT molecular complexity index is 1050. The normalized spacial score (nSPS) is 16.3. The van der Waals surface area contributed by atoms with E-state index in [-0.39, 0.29) is 11.9 Å². The summed E-state index contributed by atoms with van der Waals surface area (Å²) in [7, 11) is 0. The lowest BCUT2D eigenvalue weighted by molar-refractivity contribution is 0.0345. The number of fused-ring (bicyclic) bond motifs is 1. The van der Waals surface area contributed by atoms with Gasteiger partial charge in [-0.2, -0.15) is 5.10 Å². The van der Waals surface area contributed by atoms with Gasteiger partial charge in [-0.1, -0.05) is 28.1 Å². The lowest BCUT2D eigenvalue weighted by Crippen LogP contribution is -2.49. The van der Waals surface area contributed by atoms with Gasteiger partial charge in [-0.15, -0.1) is 0 Å². The van der Waals surface area contributed by atoms with E-state index in [4.69, 9.17) is 4.74 Å². The second-order valence-electron chi connectivity index (χ2n) is 7.88. The summed E-state index contributed by atoms with van der Waals surface area (Å²) in [6, 6.07) is 10.2. The summed E-state index contributed by atoms with van der Waals surface area (Å²) in [5, 5.41) is 8.62. The molecule has 1 fully saturated rings. The Morgan fingerprint density at radius 2 is 2.03 bits per heavy atom. The zero-order valence-corrected chi connectivity index (χ0v) is 18.5. The molecule has 4 rings (SSSR count). The van der Waals surface area contributed by atoms with Crippen LogP contribution in [-0.2, 0) is 10.3 Å². The quantitative estimate of drug-likeness (QED) is 0.626. The maximum absolute atomic E-state index is 13.4. The Balaban J connectivity index is 1.70. The average molecular weight is 457 g/mol. The van der Waals surface area contributed by atoms with E-state index in [1.165, 1.54) is 0 Å². The van der Waals surface area contributed by atoms with Crippen LogP contribution in [0.3, 0.4) is 0 Å². The molecule has 1 saturated heterocycles. The van der Waals surface area contributed by atoms with Crippen molar-refractivity contribution in [3.63, 3.8) is 0 Å². The van der Waals surface area contributed by atoms with Crippen LogP contribution in [-0.4, -0.2) is 33.9 Å². The third kappa shape index (κ3) is 3.81. The topological polar surface area (TPSA) is 69.0 Å². The maximum atomic E-state index is 13.4. The van der Waals surface area contributed by atoms with Gasteiger partial charge in [-0.25, -0.2) is 9.67 Å². The van der Waals surface area contributed by atoms with Gasteiger partial charge < -0.3 is 10.1 Å². The highest BCUT2D eigenvalue weighted by Gasteiger charge is 2.36. The second kappa shape index (κ2) is 7.88. The number of ether oxygens (including phenoxy) is 1. The van der Waals surface area contributed by atoms with Gasteiger partial charge in [-0.05, 0) is 57.4 Å². The maximum Gasteiger partial charge on any atom is 0.253 e. The predicted octanol–water partition coefficient (Wildman–Crippen LogP) is 4.52. The zero-order valence-electron chi connectivity index (χ0n) is 16.9. The van der Waals surface area contributed by atoms with Gasteiger partial charge in [-0.3, -0.25) is 4.79 Å². The van der Waals surface area contributed by atoms with E-state index in [9.17, 15) is 4.79 Å². The molecule has 0 aliphatic carbocycles. The van der Waals surface area contributed by atoms with Crippen molar-refractivity contribution in [2.75, 3.05) is 13.2 Å². The third-order valence-electron chi connectivity index (χ3n) is 5.57. The van der Waals surface area contributed by atoms with Crippen molar-refractivity contribution in [1.29, 1.82) is 0 Å². The van der Waals surface area contributed by atoms with Crippen LogP contribution in [0, 0.1) is 6.92 Å². The van der Waals surface area contributed by atoms with Gasteiger partial charge >= 0.3 is 0 Å². The van der Waals surface area contributed by atoms with Crippen molar-refractivity contribution in [3.05, 3.63) is 57.8 Å². The minimum Gasteiger partial charge on any atom is -0.381 e. The number of aryl methyl sites for hydroxylation is 1. The number of carbonyl (C=O) groups is 1. The Hall–Kier alpha value is -2.25. The van der Waals surface area contributed by atoms with E-state index in [0.717, 1.165) is 33.9 Å². The minimum absolute atomic E-state index is 0.115. The van der Waals surface area contributed by atoms with E-state index < -0.39 is 5.54 Å². The highest BCUT2D eigenvalue weighted by molar-refractivity contribution is 9.10. The highest BCUT2D eigenvalue weighted by Crippen LogP contribution is 2.34. The van der Waals surface area contributed by atoms with Gasteiger partial charge in [0.05, 0.1) is 23.0 Å². The van der Waals surface area contributed by atoms with Gasteiger partial charge in [0.1, 0.15) is 0 Å². The molecule has 0 saturated carbocycles. The van der Waals surface area contributed by atoms with E-state index in [2.05, 4.69) is 57.3 Å². The first-order valence-electron chi connectivity index (χ1n) is 9.91. The summed E-state index contributed by atoms with van der Waals surface area (Å²) in [6.07, 6.45) is 3.24. The molecule has 0 atom stereocenters. The monoisotopic (exact) mass is 456 g/mol. The van der Waals surface area contributed by atoms with E-state index in [1.807, 2.05) is 29.8 Å². The van der Waals surface area contributed by atoms with Crippen molar-refractivity contribution in [2.45, 2.75) is 45.2 Å². The van der Waals surface area contributed by atoms with Crippen LogP contribution in [0.4, 0.5) is 0 Å². The van der Waals surface area contributed by atoms with Gasteiger partial charge in [0, 0.05) is 29.1 Å². The van der Waals surface area contributed by atoms with Crippen molar-refractivity contribution < 1.29 is 9.53 Å². The fraction of sp³-hybridized carbons (Fsp3) is 0.409. The first-order valence-corrected chi connectivity index (χ1v) is 10.7. The molecule has 0 spiro atoms. The molecule has 152 valence electrons. The smallest absolute Gasteiger partial charge is 0.253 e. The van der Waals surface area contributed by atoms with Crippen LogP contribution in [0.25, 0.3) is 11.0 Å². The number of aromatic nitrogens is 3. The third-order valence-corrected chi connectivity index (χ3v) is 6.06. The molecule has 0 unspecified atom stereocenters. The number of halogens is 1. The SMILES string of the molecule is Cc1nc2c(cnn2C(C)C)cc1C(=O)NC1(c2cccc(Br)c2)CCOCC1. The van der Waals surface area contributed by atoms with Gasteiger partial charge in [0.2, 0.25) is 0 Å².